The van der Waals surface area contributed by atoms with Gasteiger partial charge in [0.15, 0.2) is 0 Å². The van der Waals surface area contributed by atoms with E-state index in [1.807, 2.05) is 91.0 Å². The molecule has 0 atom stereocenters. The van der Waals surface area contributed by atoms with Crippen molar-refractivity contribution in [2.24, 2.45) is 0 Å². The van der Waals surface area contributed by atoms with E-state index in [0.717, 1.165) is 33.0 Å². The zero-order valence-corrected chi connectivity index (χ0v) is 46.9. The molecule has 5 heterocycles. The van der Waals surface area contributed by atoms with Crippen molar-refractivity contribution in [3.05, 3.63) is 204 Å². The van der Waals surface area contributed by atoms with Crippen LogP contribution in [-0.2, 0) is 16.3 Å². The van der Waals surface area contributed by atoms with E-state index < -0.39 is 16.3 Å². The van der Waals surface area contributed by atoms with Gasteiger partial charge in [-0.1, -0.05) is 6.07 Å². The van der Waals surface area contributed by atoms with Crippen LogP contribution < -0.4 is 19.1 Å². The van der Waals surface area contributed by atoms with Crippen molar-refractivity contribution in [1.82, 2.24) is 39.9 Å². The minimum atomic E-state index is -6.61. The summed E-state index contributed by atoms with van der Waals surface area (Å²) < 4.78 is 16.1. The normalized spacial score (nSPS) is 12.4. The van der Waals surface area contributed by atoms with Crippen molar-refractivity contribution >= 4 is 164 Å². The topological polar surface area (TPSA) is 157 Å². The van der Waals surface area contributed by atoms with Crippen LogP contribution in [0, 0.1) is 0 Å². The van der Waals surface area contributed by atoms with Crippen LogP contribution in [0.3, 0.4) is 0 Å². The number of H-pyrrole nitrogens is 2. The summed E-state index contributed by atoms with van der Waals surface area (Å²) in [4.78, 5) is 38.7. The molecule has 11 aromatic rings. The first-order chi connectivity index (χ1) is 37.3. The van der Waals surface area contributed by atoms with Gasteiger partial charge in [-0.2, -0.15) is 0 Å². The van der Waals surface area contributed by atoms with Crippen LogP contribution in [0.2, 0.25) is 40.2 Å². The van der Waals surface area contributed by atoms with Crippen LogP contribution in [0.5, 0.6) is 0 Å². The fourth-order valence-electron chi connectivity index (χ4n) is 10.0. The molecule has 0 unspecified atom stereocenters. The van der Waals surface area contributed by atoms with Gasteiger partial charge < -0.3 is 0 Å². The van der Waals surface area contributed by atoms with Crippen LogP contribution in [0.1, 0.15) is 0 Å². The molecule has 8 aromatic carbocycles. The van der Waals surface area contributed by atoms with Crippen molar-refractivity contribution in [3.63, 3.8) is 0 Å². The molecule has 12 nitrogen and oxygen atoms in total. The van der Waals surface area contributed by atoms with Crippen LogP contribution in [0.15, 0.2) is 164 Å². The van der Waals surface area contributed by atoms with Crippen molar-refractivity contribution in [3.8, 4) is 45.6 Å². The van der Waals surface area contributed by atoms with Crippen LogP contribution in [0.4, 0.5) is 22.7 Å². The summed E-state index contributed by atoms with van der Waals surface area (Å²) in [7, 11) is 0. The van der Waals surface area contributed by atoms with E-state index in [9.17, 15) is 0 Å². The third-order valence-corrected chi connectivity index (χ3v) is 23.0. The summed E-state index contributed by atoms with van der Waals surface area (Å²) in [5.74, 6) is 1.60. The molecule has 6 N–H and O–H groups in total. The van der Waals surface area contributed by atoms with E-state index in [4.69, 9.17) is 123 Å². The van der Waals surface area contributed by atoms with Crippen LogP contribution in [-0.4, -0.2) is 39.9 Å². The number of halogens is 8. The first-order valence-electron chi connectivity index (χ1n) is 23.6. The first-order valence-corrected chi connectivity index (χ1v) is 30.6. The molecule has 0 fully saturated rings. The minimum absolute atomic E-state index is 0.235. The van der Waals surface area contributed by atoms with Gasteiger partial charge in [0.05, 0.1) is 0 Å². The Labute approximate surface area is 480 Å². The van der Waals surface area contributed by atoms with E-state index in [1.165, 1.54) is 0 Å². The Bertz CT molecular complexity index is 4160. The molecule has 0 radical (unpaired) electrons. The quantitative estimate of drug-likeness (QED) is 0.0769. The van der Waals surface area contributed by atoms with Gasteiger partial charge >= 0.3 is 478 Å². The number of anilines is 4. The number of nitrogens with one attached hydrogen (secondary N) is 6. The van der Waals surface area contributed by atoms with Gasteiger partial charge in [0.1, 0.15) is 0 Å². The molecule has 8 bridgehead atoms. The van der Waals surface area contributed by atoms with Crippen LogP contribution >= 0.6 is 92.8 Å². The predicted molar refractivity (Wildman–Crippen MR) is 316 cm³/mol. The summed E-state index contributed by atoms with van der Waals surface area (Å²) in [5.41, 5.74) is 5.89. The second-order valence-corrected chi connectivity index (χ2v) is 27.7. The SMILES string of the molecule is Clc1cccc(Cl)c1[NH][Ti]([NH]c1c(Cl)cccc1Cl)([NH]c1c(Cl)cccc1Cl)([NH]c1c(Cl)cccc1Cl)[c]1cccc2c3nc4nc(nc5[nH]c(nc6nc(nc([nH]3)c12)-c1ccccc1-6)c1ccccc51)-c1ccccc1-4. The Morgan fingerprint density at radius 2 is 0.558 bits per heavy atom. The summed E-state index contributed by atoms with van der Waals surface area (Å²) in [6.07, 6.45) is 0. The number of rotatable bonds is 9. The predicted octanol–water partition coefficient (Wildman–Crippen LogP) is 17.5. The van der Waals surface area contributed by atoms with Crippen molar-refractivity contribution in [2.45, 2.75) is 0 Å². The second-order valence-electron chi connectivity index (χ2n) is 18.1. The monoisotopic (exact) mass is 1200 g/mol. The number of para-hydroxylation sites is 4. The number of aromatic nitrogens is 8. The van der Waals surface area contributed by atoms with E-state index in [-0.39, 0.29) is 62.9 Å². The molecule has 2 aliphatic rings. The number of hydrogen-bond acceptors (Lipinski definition) is 10. The summed E-state index contributed by atoms with van der Waals surface area (Å²) in [6.45, 7) is 0. The van der Waals surface area contributed by atoms with Gasteiger partial charge in [-0.05, 0) is 0 Å². The Morgan fingerprint density at radius 1 is 0.286 bits per heavy atom. The van der Waals surface area contributed by atoms with E-state index in [1.54, 1.807) is 72.8 Å². The van der Waals surface area contributed by atoms with Gasteiger partial charge in [-0.3, -0.25) is 0 Å². The maximum atomic E-state index is 7.30. The molecule has 0 amide bonds. The van der Waals surface area contributed by atoms with Crippen molar-refractivity contribution in [1.29, 1.82) is 0 Å². The summed E-state index contributed by atoms with van der Waals surface area (Å²) in [5, 5.41) is 4.65. The Kier molecular flexibility index (Phi) is 12.5. The first kappa shape index (κ1) is 49.9. The van der Waals surface area contributed by atoms with Crippen molar-refractivity contribution < 1.29 is 16.3 Å². The summed E-state index contributed by atoms with van der Waals surface area (Å²) >= 11 is 51.8. The molecule has 13 rings (SSSR count). The average molecular weight is 1210 g/mol. The maximum absolute atomic E-state index is 7.30. The van der Waals surface area contributed by atoms with Gasteiger partial charge in [0.25, 0.3) is 0 Å². The molecule has 377 valence electrons. The number of aromatic amines is 2. The number of fused-ring (bicyclic) bond motifs is 20. The average Bonchev–Trinajstić information content (AvgIpc) is 4.19. The standard InChI is InChI=1S/C32H17N8.4C6H4Cl2N.Ti/c1-2-10-18-17(9-1)25-33-26(18)38-28-21-13-5-6-14-22(21)30(35-28)40-32-24-16-8-7-15-23(24)31(36-32)39-29-20-12-4-3-11-19(20)27(34-29)37-25;4*7-4-2-1-3-5(8)6(4)9;/h1-15H,(H2,33,34,35,36,37,38,39,40);4*1-3,9H;/q;4*-1;+4. The van der Waals surface area contributed by atoms with Gasteiger partial charge in [-0.15, -0.1) is 0 Å². The fourth-order valence-corrected chi connectivity index (χ4v) is 21.1. The third kappa shape index (κ3) is 8.50. The summed E-state index contributed by atoms with van der Waals surface area (Å²) in [6, 6.07) is 49.8. The molecule has 2 aliphatic heterocycles. The molecule has 3 aromatic heterocycles. The molecular formula is C56H33Cl8N12Ti. The fraction of sp³-hybridized carbons (Fsp3) is 0. The number of benzene rings is 8. The Balaban J connectivity index is 1.27. The Hall–Kier alpha value is -6.65. The third-order valence-electron chi connectivity index (χ3n) is 13.5. The molecular weight excluding hydrogens is 1170 g/mol. The number of nitrogens with zero attached hydrogens (tertiary/aromatic N) is 6. The molecule has 0 aliphatic carbocycles. The van der Waals surface area contributed by atoms with Crippen LogP contribution in [0.25, 0.3) is 89.7 Å². The molecule has 0 saturated heterocycles. The molecule has 0 saturated carbocycles. The zero-order chi connectivity index (χ0) is 52.8. The molecule has 0 spiro atoms. The van der Waals surface area contributed by atoms with E-state index in [2.05, 4.69) is 25.2 Å². The number of hydrogen-bond donors (Lipinski definition) is 6. The molecule has 77 heavy (non-hydrogen) atoms. The van der Waals surface area contributed by atoms with Gasteiger partial charge in [-0.25, -0.2) is 0 Å². The second kappa shape index (κ2) is 19.4. The van der Waals surface area contributed by atoms with E-state index >= 15 is 0 Å². The Morgan fingerprint density at radius 3 is 0.909 bits per heavy atom. The van der Waals surface area contributed by atoms with E-state index in [0.29, 0.717) is 60.5 Å². The zero-order valence-electron chi connectivity index (χ0n) is 39.3. The van der Waals surface area contributed by atoms with Gasteiger partial charge in [0, 0.05) is 0 Å². The van der Waals surface area contributed by atoms with Crippen molar-refractivity contribution in [2.75, 3.05) is 15.2 Å². The molecule has 21 heteroatoms. The van der Waals surface area contributed by atoms with Gasteiger partial charge in [0.2, 0.25) is 0 Å².